The summed E-state index contributed by atoms with van der Waals surface area (Å²) in [4.78, 5) is 30.0. The van der Waals surface area contributed by atoms with Gasteiger partial charge in [0.15, 0.2) is 5.17 Å². The van der Waals surface area contributed by atoms with Gasteiger partial charge in [0, 0.05) is 18.5 Å². The van der Waals surface area contributed by atoms with Crippen molar-refractivity contribution in [1.82, 2.24) is 5.01 Å². The number of aliphatic imine (C=N–C) groups is 1. The second-order valence-corrected chi connectivity index (χ2v) is 10.7. The third kappa shape index (κ3) is 5.52. The van der Waals surface area contributed by atoms with E-state index in [9.17, 15) is 9.59 Å². The van der Waals surface area contributed by atoms with Crippen molar-refractivity contribution in [2.45, 2.75) is 51.3 Å². The fourth-order valence-corrected chi connectivity index (χ4v) is 5.72. The normalized spacial score (nSPS) is 19.1. The first-order chi connectivity index (χ1) is 17.9. The minimum Gasteiger partial charge on any atom is -0.326 e. The molecule has 0 aromatic heterocycles. The van der Waals surface area contributed by atoms with E-state index in [2.05, 4.69) is 53.6 Å². The summed E-state index contributed by atoms with van der Waals surface area (Å²) in [5.74, 6) is -0.491. The highest BCUT2D eigenvalue weighted by Gasteiger charge is 2.39. The van der Waals surface area contributed by atoms with Gasteiger partial charge in [-0.15, -0.1) is 0 Å². The molecule has 2 amide bonds. The lowest BCUT2D eigenvalue weighted by Gasteiger charge is -2.23. The number of benzene rings is 3. The van der Waals surface area contributed by atoms with Crippen molar-refractivity contribution in [3.63, 3.8) is 0 Å². The number of nitrogens with one attached hydrogen (secondary N) is 1. The molecule has 5 rings (SSSR count). The van der Waals surface area contributed by atoms with Gasteiger partial charge in [-0.3, -0.25) is 9.59 Å². The molecular formula is C30H30N4O2S. The van der Waals surface area contributed by atoms with Crippen LogP contribution in [0.1, 0.15) is 53.6 Å². The van der Waals surface area contributed by atoms with E-state index in [0.29, 0.717) is 11.6 Å². The van der Waals surface area contributed by atoms with Crippen molar-refractivity contribution in [3.8, 4) is 0 Å². The Balaban J connectivity index is 1.34. The molecule has 0 unspecified atom stereocenters. The molecule has 0 bridgehead atoms. The predicted molar refractivity (Wildman–Crippen MR) is 151 cm³/mol. The summed E-state index contributed by atoms with van der Waals surface area (Å²) in [6.07, 6.45) is 1.74. The SMILES string of the molecule is CCc1ccc([C@H]2CC(c3ccccc3)=NN2C2=NC(=O)[C@H](CC(=O)Nc3ccc(C)cc3C)S2)cc1. The Hall–Kier alpha value is -3.71. The smallest absolute Gasteiger partial charge is 0.262 e. The van der Waals surface area contributed by atoms with Crippen LogP contribution in [0.25, 0.3) is 0 Å². The maximum atomic E-state index is 12.9. The van der Waals surface area contributed by atoms with Crippen molar-refractivity contribution in [2.24, 2.45) is 10.1 Å². The van der Waals surface area contributed by atoms with Crippen LogP contribution >= 0.6 is 11.8 Å². The molecule has 0 spiro atoms. The Morgan fingerprint density at radius 2 is 1.81 bits per heavy atom. The summed E-state index contributed by atoms with van der Waals surface area (Å²) in [6.45, 7) is 6.11. The molecule has 3 aromatic rings. The first-order valence-electron chi connectivity index (χ1n) is 12.6. The monoisotopic (exact) mass is 510 g/mol. The molecule has 2 heterocycles. The highest BCUT2D eigenvalue weighted by atomic mass is 32.2. The molecule has 188 valence electrons. The lowest BCUT2D eigenvalue weighted by Crippen LogP contribution is -2.25. The second kappa shape index (κ2) is 10.7. The zero-order chi connectivity index (χ0) is 25.9. The Kier molecular flexibility index (Phi) is 7.24. The molecule has 2 aliphatic rings. The van der Waals surface area contributed by atoms with Gasteiger partial charge in [0.25, 0.3) is 5.91 Å². The lowest BCUT2D eigenvalue weighted by molar-refractivity contribution is -0.121. The van der Waals surface area contributed by atoms with Gasteiger partial charge in [-0.05, 0) is 48.6 Å². The van der Waals surface area contributed by atoms with Crippen LogP contribution in [0, 0.1) is 13.8 Å². The predicted octanol–water partition coefficient (Wildman–Crippen LogP) is 6.04. The van der Waals surface area contributed by atoms with Crippen molar-refractivity contribution >= 4 is 40.1 Å². The van der Waals surface area contributed by atoms with Crippen LogP contribution in [0.4, 0.5) is 5.69 Å². The van der Waals surface area contributed by atoms with Crippen molar-refractivity contribution < 1.29 is 9.59 Å². The average Bonchev–Trinajstić information content (AvgIpc) is 3.50. The first-order valence-corrected chi connectivity index (χ1v) is 13.5. The first kappa shape index (κ1) is 25.0. The van der Waals surface area contributed by atoms with Crippen molar-refractivity contribution in [3.05, 3.63) is 101 Å². The van der Waals surface area contributed by atoms with Crippen molar-refractivity contribution in [2.75, 3.05) is 5.32 Å². The standard InChI is InChI=1S/C30H30N4O2S/c1-4-21-11-13-23(14-12-21)26-17-25(22-8-6-5-7-9-22)33-34(26)30-32-29(36)27(37-30)18-28(35)31-24-15-10-19(2)16-20(24)3/h5-16,26-27H,4,17-18H2,1-3H3,(H,31,35)/t26-,27+/m1/s1. The molecule has 2 aliphatic heterocycles. The molecule has 0 radical (unpaired) electrons. The van der Waals surface area contributed by atoms with Gasteiger partial charge in [-0.1, -0.05) is 91.0 Å². The maximum absolute atomic E-state index is 12.9. The van der Waals surface area contributed by atoms with Crippen molar-refractivity contribution in [1.29, 1.82) is 0 Å². The maximum Gasteiger partial charge on any atom is 0.262 e. The van der Waals surface area contributed by atoms with Gasteiger partial charge in [0.2, 0.25) is 5.91 Å². The van der Waals surface area contributed by atoms with Crippen LogP contribution < -0.4 is 5.32 Å². The number of amidine groups is 1. The Labute approximate surface area is 221 Å². The van der Waals surface area contributed by atoms with Gasteiger partial charge < -0.3 is 5.32 Å². The number of hydrogen-bond acceptors (Lipinski definition) is 5. The van der Waals surface area contributed by atoms with E-state index in [1.807, 2.05) is 55.3 Å². The zero-order valence-electron chi connectivity index (χ0n) is 21.3. The highest BCUT2D eigenvalue weighted by Crippen LogP contribution is 2.38. The van der Waals surface area contributed by atoms with Crippen LogP contribution in [0.2, 0.25) is 0 Å². The number of hydrogen-bond donors (Lipinski definition) is 1. The molecule has 7 heteroatoms. The Morgan fingerprint density at radius 1 is 1.05 bits per heavy atom. The third-order valence-corrected chi connectivity index (χ3v) is 7.88. The number of nitrogens with zero attached hydrogens (tertiary/aromatic N) is 3. The Morgan fingerprint density at radius 3 is 2.51 bits per heavy atom. The largest absolute Gasteiger partial charge is 0.326 e. The molecule has 0 saturated heterocycles. The number of carbonyl (C=O) groups excluding carboxylic acids is 2. The third-order valence-electron chi connectivity index (χ3n) is 6.74. The molecule has 0 saturated carbocycles. The highest BCUT2D eigenvalue weighted by molar-refractivity contribution is 8.15. The number of aryl methyl sites for hydroxylation is 3. The molecule has 3 aromatic carbocycles. The van der Waals surface area contributed by atoms with E-state index < -0.39 is 5.25 Å². The second-order valence-electron chi connectivity index (χ2n) is 9.48. The molecule has 2 atom stereocenters. The number of hydrazone groups is 1. The fourth-order valence-electron chi connectivity index (χ4n) is 4.65. The van der Waals surface area contributed by atoms with Crippen LogP contribution in [0.3, 0.4) is 0 Å². The van der Waals surface area contributed by atoms with Crippen LogP contribution in [-0.2, 0) is 16.0 Å². The van der Waals surface area contributed by atoms with Gasteiger partial charge in [-0.25, -0.2) is 5.01 Å². The summed E-state index contributed by atoms with van der Waals surface area (Å²) in [7, 11) is 0. The van der Waals surface area contributed by atoms with E-state index in [1.165, 1.54) is 17.3 Å². The summed E-state index contributed by atoms with van der Waals surface area (Å²) < 4.78 is 0. The van der Waals surface area contributed by atoms with E-state index in [0.717, 1.165) is 40.1 Å². The van der Waals surface area contributed by atoms with Crippen LogP contribution in [-0.4, -0.2) is 33.0 Å². The molecule has 1 N–H and O–H groups in total. The van der Waals surface area contributed by atoms with E-state index in [4.69, 9.17) is 5.10 Å². The zero-order valence-corrected chi connectivity index (χ0v) is 22.1. The van der Waals surface area contributed by atoms with Crippen LogP contribution in [0.5, 0.6) is 0 Å². The molecular weight excluding hydrogens is 480 g/mol. The fraction of sp³-hybridized carbons (Fsp3) is 0.267. The van der Waals surface area contributed by atoms with E-state index in [1.54, 1.807) is 0 Å². The minimum absolute atomic E-state index is 0.0583. The number of carbonyl (C=O) groups is 2. The van der Waals surface area contributed by atoms with E-state index >= 15 is 0 Å². The molecule has 0 aliphatic carbocycles. The molecule has 37 heavy (non-hydrogen) atoms. The van der Waals surface area contributed by atoms with Crippen LogP contribution in [0.15, 0.2) is 82.9 Å². The summed E-state index contributed by atoms with van der Waals surface area (Å²) in [5.41, 5.74) is 7.30. The summed E-state index contributed by atoms with van der Waals surface area (Å²) in [5, 5.41) is 9.71. The van der Waals surface area contributed by atoms with E-state index in [-0.39, 0.29) is 24.3 Å². The Bertz CT molecular complexity index is 1380. The van der Waals surface area contributed by atoms with Gasteiger partial charge in [-0.2, -0.15) is 10.1 Å². The minimum atomic E-state index is -0.570. The average molecular weight is 511 g/mol. The summed E-state index contributed by atoms with van der Waals surface area (Å²) in [6, 6.07) is 24.5. The summed E-state index contributed by atoms with van der Waals surface area (Å²) >= 11 is 1.32. The number of rotatable bonds is 6. The molecule has 0 fully saturated rings. The van der Waals surface area contributed by atoms with Gasteiger partial charge in [0.1, 0.15) is 5.25 Å². The van der Waals surface area contributed by atoms with Gasteiger partial charge >= 0.3 is 0 Å². The lowest BCUT2D eigenvalue weighted by atomic mass is 9.97. The van der Waals surface area contributed by atoms with Gasteiger partial charge in [0.05, 0.1) is 11.8 Å². The number of anilines is 1. The molecule has 6 nitrogen and oxygen atoms in total. The quantitative estimate of drug-likeness (QED) is 0.439. The number of thioether (sulfide) groups is 1. The topological polar surface area (TPSA) is 74.1 Å². The number of amides is 2.